The van der Waals surface area contributed by atoms with Gasteiger partial charge in [-0.2, -0.15) is 4.31 Å². The van der Waals surface area contributed by atoms with Crippen LogP contribution in [0.1, 0.15) is 34.0 Å². The summed E-state index contributed by atoms with van der Waals surface area (Å²) in [5.41, 5.74) is 2.63. The van der Waals surface area contributed by atoms with E-state index >= 15 is 4.39 Å². The topological polar surface area (TPSA) is 122 Å². The van der Waals surface area contributed by atoms with Crippen LogP contribution < -0.4 is 10.2 Å². The number of benzene rings is 2. The minimum absolute atomic E-state index is 0.0269. The van der Waals surface area contributed by atoms with E-state index in [1.54, 1.807) is 19.2 Å². The average Bonchev–Trinajstić information content (AvgIpc) is 3.43. The summed E-state index contributed by atoms with van der Waals surface area (Å²) in [6.07, 6.45) is 2.99. The van der Waals surface area contributed by atoms with Crippen LogP contribution in [0.25, 0.3) is 22.2 Å². The number of anilines is 1. The molecule has 2 aromatic heterocycles. The normalized spacial score (nSPS) is 14.1. The number of alkyl halides is 1. The minimum Gasteiger partial charge on any atom is -0.369 e. The smallest absolute Gasteiger partial charge is 0.260 e. The third kappa shape index (κ3) is 5.45. The van der Waals surface area contributed by atoms with Gasteiger partial charge >= 0.3 is 0 Å². The first-order valence-electron chi connectivity index (χ1n) is 13.3. The van der Waals surface area contributed by atoms with Gasteiger partial charge in [-0.1, -0.05) is 35.6 Å². The molecule has 0 bridgehead atoms. The SMILES string of the molecule is CCN(C)S(=O)(=O)C(=N)c1ccc(F)c(C(=O)c2c[nH]c3ncc(-c4ccc(N5CCNCC5)c(CI)c4)cc23)c1F. The van der Waals surface area contributed by atoms with Crippen LogP contribution in [0.5, 0.6) is 0 Å². The summed E-state index contributed by atoms with van der Waals surface area (Å²) in [5, 5.41) is 10.8. The lowest BCUT2D eigenvalue weighted by molar-refractivity contribution is 0.103. The zero-order chi connectivity index (χ0) is 30.2. The molecule has 0 aliphatic carbocycles. The van der Waals surface area contributed by atoms with E-state index in [4.69, 9.17) is 5.41 Å². The van der Waals surface area contributed by atoms with Gasteiger partial charge in [0.2, 0.25) is 5.78 Å². The van der Waals surface area contributed by atoms with Crippen molar-refractivity contribution in [1.29, 1.82) is 5.41 Å². The van der Waals surface area contributed by atoms with Crippen molar-refractivity contribution >= 4 is 60.2 Å². The number of piperazine rings is 1. The molecule has 42 heavy (non-hydrogen) atoms. The first-order chi connectivity index (χ1) is 20.1. The number of nitrogens with zero attached hydrogens (tertiary/aromatic N) is 3. The molecule has 1 fully saturated rings. The Kier molecular flexibility index (Phi) is 8.73. The number of nitrogens with one attached hydrogen (secondary N) is 3. The summed E-state index contributed by atoms with van der Waals surface area (Å²) in [6, 6.07) is 9.55. The van der Waals surface area contributed by atoms with E-state index in [0.717, 1.165) is 63.7 Å². The summed E-state index contributed by atoms with van der Waals surface area (Å²) in [4.78, 5) is 23.2. The standard InChI is InChI=1S/C29H29F2IN6O3S/c1-3-37(2)42(40,41)28(33)20-5-6-23(30)25(26(20)31)27(39)22-16-36-29-21(22)13-19(15-35-29)17-4-7-24(18(12-17)14-32)38-10-8-34-9-11-38/h4-7,12-13,15-16,33-34H,3,8-11,14H2,1-2H3,(H,35,36). The zero-order valence-electron chi connectivity index (χ0n) is 23.0. The highest BCUT2D eigenvalue weighted by atomic mass is 127. The highest BCUT2D eigenvalue weighted by Crippen LogP contribution is 2.32. The summed E-state index contributed by atoms with van der Waals surface area (Å²) < 4.78 is 57.5. The minimum atomic E-state index is -4.34. The molecule has 0 amide bonds. The maximum atomic E-state index is 15.6. The molecule has 5 rings (SSSR count). The van der Waals surface area contributed by atoms with E-state index in [1.807, 2.05) is 6.07 Å². The third-order valence-electron chi connectivity index (χ3n) is 7.47. The molecule has 0 radical (unpaired) electrons. The van der Waals surface area contributed by atoms with E-state index in [0.29, 0.717) is 11.0 Å². The molecule has 1 aliphatic heterocycles. The zero-order valence-corrected chi connectivity index (χ0v) is 25.9. The van der Waals surface area contributed by atoms with Gasteiger partial charge in [-0.15, -0.1) is 0 Å². The Morgan fingerprint density at radius 3 is 2.55 bits per heavy atom. The molecule has 1 saturated heterocycles. The number of hydrogen-bond acceptors (Lipinski definition) is 7. The van der Waals surface area contributed by atoms with Crippen molar-refractivity contribution in [2.75, 3.05) is 44.7 Å². The molecule has 13 heteroatoms. The number of ketones is 1. The fraction of sp³-hybridized carbons (Fsp3) is 0.276. The predicted molar refractivity (Wildman–Crippen MR) is 168 cm³/mol. The number of pyridine rings is 1. The van der Waals surface area contributed by atoms with Crippen molar-refractivity contribution in [3.05, 3.63) is 82.7 Å². The Morgan fingerprint density at radius 2 is 1.86 bits per heavy atom. The van der Waals surface area contributed by atoms with Crippen molar-refractivity contribution in [3.8, 4) is 11.1 Å². The summed E-state index contributed by atoms with van der Waals surface area (Å²) in [5.74, 6) is -3.57. The van der Waals surface area contributed by atoms with Gasteiger partial charge in [-0.05, 0) is 41.5 Å². The Balaban J connectivity index is 1.54. The number of carbonyl (C=O) groups is 1. The number of rotatable bonds is 8. The average molecular weight is 707 g/mol. The second-order valence-electron chi connectivity index (χ2n) is 9.90. The van der Waals surface area contributed by atoms with E-state index < -0.39 is 43.6 Å². The van der Waals surface area contributed by atoms with E-state index in [2.05, 4.69) is 54.9 Å². The second-order valence-corrected chi connectivity index (χ2v) is 12.6. The number of sulfonamides is 1. The monoisotopic (exact) mass is 706 g/mol. The summed E-state index contributed by atoms with van der Waals surface area (Å²) in [7, 11) is -3.10. The Hall–Kier alpha value is -3.27. The van der Waals surface area contributed by atoms with Crippen molar-refractivity contribution in [2.45, 2.75) is 11.4 Å². The highest BCUT2D eigenvalue weighted by molar-refractivity contribution is 14.1. The van der Waals surface area contributed by atoms with Gasteiger partial charge in [0.1, 0.15) is 17.3 Å². The second kappa shape index (κ2) is 12.1. The molecule has 2 aromatic carbocycles. The maximum absolute atomic E-state index is 15.6. The molecule has 4 aromatic rings. The van der Waals surface area contributed by atoms with Crippen LogP contribution in [0.15, 0.2) is 48.8 Å². The van der Waals surface area contributed by atoms with E-state index in [9.17, 15) is 17.6 Å². The molecule has 0 unspecified atom stereocenters. The molecule has 0 saturated carbocycles. The van der Waals surface area contributed by atoms with Crippen LogP contribution >= 0.6 is 22.6 Å². The molecule has 3 N–H and O–H groups in total. The van der Waals surface area contributed by atoms with Crippen molar-refractivity contribution in [2.24, 2.45) is 0 Å². The van der Waals surface area contributed by atoms with Gasteiger partial charge < -0.3 is 15.2 Å². The number of carbonyl (C=O) groups excluding carboxylic acids is 1. The quantitative estimate of drug-likeness (QED) is 0.0804. The number of aromatic nitrogens is 2. The Labute approximate surface area is 256 Å². The van der Waals surface area contributed by atoms with Gasteiger partial charge in [0.15, 0.2) is 5.04 Å². The molecule has 220 valence electrons. The molecule has 9 nitrogen and oxygen atoms in total. The molecule has 0 atom stereocenters. The summed E-state index contributed by atoms with van der Waals surface area (Å²) >= 11 is 2.33. The molecular weight excluding hydrogens is 677 g/mol. The largest absolute Gasteiger partial charge is 0.369 e. The molecular formula is C29H29F2IN6O3S. The van der Waals surface area contributed by atoms with Crippen molar-refractivity contribution in [1.82, 2.24) is 19.6 Å². The van der Waals surface area contributed by atoms with Gasteiger partial charge in [0, 0.05) is 84.4 Å². The molecule has 0 spiro atoms. The molecule has 3 heterocycles. The van der Waals surface area contributed by atoms with Crippen LogP contribution in [-0.4, -0.2) is 73.3 Å². The van der Waals surface area contributed by atoms with Crippen LogP contribution in [0.3, 0.4) is 0 Å². The van der Waals surface area contributed by atoms with Crippen LogP contribution in [-0.2, 0) is 14.5 Å². The number of aromatic amines is 1. The van der Waals surface area contributed by atoms with Crippen LogP contribution in [0.4, 0.5) is 14.5 Å². The maximum Gasteiger partial charge on any atom is 0.260 e. The van der Waals surface area contributed by atoms with E-state index in [-0.39, 0.29) is 12.1 Å². The van der Waals surface area contributed by atoms with Crippen molar-refractivity contribution < 1.29 is 22.0 Å². The Bertz CT molecular complexity index is 1800. The highest BCUT2D eigenvalue weighted by Gasteiger charge is 2.31. The van der Waals surface area contributed by atoms with Crippen molar-refractivity contribution in [3.63, 3.8) is 0 Å². The number of H-pyrrole nitrogens is 1. The van der Waals surface area contributed by atoms with Gasteiger partial charge in [0.05, 0.1) is 5.56 Å². The fourth-order valence-electron chi connectivity index (χ4n) is 4.97. The van der Waals surface area contributed by atoms with Crippen LogP contribution in [0.2, 0.25) is 0 Å². The van der Waals surface area contributed by atoms with Gasteiger partial charge in [-0.25, -0.2) is 22.2 Å². The lowest BCUT2D eigenvalue weighted by Gasteiger charge is -2.31. The predicted octanol–water partition coefficient (Wildman–Crippen LogP) is 4.69. The van der Waals surface area contributed by atoms with Gasteiger partial charge in [0.25, 0.3) is 10.0 Å². The first kappa shape index (κ1) is 30.2. The first-order valence-corrected chi connectivity index (χ1v) is 16.2. The fourth-order valence-corrected chi connectivity index (χ4v) is 6.67. The Morgan fingerprint density at radius 1 is 1.12 bits per heavy atom. The molecule has 1 aliphatic rings. The van der Waals surface area contributed by atoms with Gasteiger partial charge in [-0.3, -0.25) is 10.2 Å². The summed E-state index contributed by atoms with van der Waals surface area (Å²) in [6.45, 7) is 5.28. The number of halogens is 3. The lowest BCUT2D eigenvalue weighted by Crippen LogP contribution is -2.43. The number of hydrogen-bond donors (Lipinski definition) is 3. The third-order valence-corrected chi connectivity index (χ3v) is 10.1. The number of fused-ring (bicyclic) bond motifs is 1. The van der Waals surface area contributed by atoms with E-state index in [1.165, 1.54) is 18.9 Å². The van der Waals surface area contributed by atoms with Crippen LogP contribution in [0, 0.1) is 17.0 Å². The lowest BCUT2D eigenvalue weighted by atomic mass is 9.98.